The lowest BCUT2D eigenvalue weighted by Gasteiger charge is -2.32. The van der Waals surface area contributed by atoms with Crippen LogP contribution in [0.4, 0.5) is 26.4 Å². The smallest absolute Gasteiger partial charge is 0.410 e. The third kappa shape index (κ3) is 7.20. The molecule has 0 atom stereocenters. The lowest BCUT2D eigenvalue weighted by Crippen LogP contribution is -2.42. The average Bonchev–Trinajstić information content (AvgIpc) is 2.76. The number of piperidine rings is 1. The highest BCUT2D eigenvalue weighted by atomic mass is 19.1. The highest BCUT2D eigenvalue weighted by Gasteiger charge is 2.26. The first kappa shape index (κ1) is 26.2. The molecule has 0 aliphatic carbocycles. The van der Waals surface area contributed by atoms with Crippen molar-refractivity contribution >= 4 is 23.3 Å². The molecule has 9 heteroatoms. The molecule has 8 nitrogen and oxygen atoms in total. The standard InChI is InChI=1S/C23H32FN5O3.CH4/c1-5-10-25-17-6-7-20(19(24)13-17)28-21-16(4)22(27-14-26-21)32-18-8-11-29(12-9-18)23(30)31-15(2)3;/h6-7,13-15,18,25H,5,8-12H2,1-4H3,(H,26,27,28);1H4. The molecule has 1 fully saturated rings. The summed E-state index contributed by atoms with van der Waals surface area (Å²) in [5, 5.41) is 6.20. The van der Waals surface area contributed by atoms with Gasteiger partial charge in [-0.1, -0.05) is 14.4 Å². The number of aromatic nitrogens is 2. The third-order valence-electron chi connectivity index (χ3n) is 5.15. The monoisotopic (exact) mass is 461 g/mol. The molecule has 1 aliphatic rings. The van der Waals surface area contributed by atoms with Gasteiger partial charge in [0, 0.05) is 38.2 Å². The average molecular weight is 462 g/mol. The number of amides is 1. The summed E-state index contributed by atoms with van der Waals surface area (Å²) < 4.78 is 25.9. The van der Waals surface area contributed by atoms with Crippen molar-refractivity contribution in [1.29, 1.82) is 0 Å². The Bertz CT molecular complexity index is 917. The Balaban J connectivity index is 0.00000385. The topological polar surface area (TPSA) is 88.6 Å². The van der Waals surface area contributed by atoms with Gasteiger partial charge < -0.3 is 25.0 Å². The van der Waals surface area contributed by atoms with E-state index in [1.165, 1.54) is 12.4 Å². The maximum Gasteiger partial charge on any atom is 0.410 e. The molecule has 3 rings (SSSR count). The van der Waals surface area contributed by atoms with Crippen LogP contribution in [0.25, 0.3) is 0 Å². The number of halogens is 1. The van der Waals surface area contributed by atoms with Crippen molar-refractivity contribution in [3.05, 3.63) is 35.9 Å². The van der Waals surface area contributed by atoms with E-state index in [9.17, 15) is 9.18 Å². The second-order valence-corrected chi connectivity index (χ2v) is 8.14. The van der Waals surface area contributed by atoms with Crippen molar-refractivity contribution in [3.63, 3.8) is 0 Å². The Hall–Kier alpha value is -3.10. The van der Waals surface area contributed by atoms with Crippen LogP contribution in [0.3, 0.4) is 0 Å². The molecule has 0 spiro atoms. The van der Waals surface area contributed by atoms with E-state index in [1.54, 1.807) is 11.0 Å². The summed E-state index contributed by atoms with van der Waals surface area (Å²) >= 11 is 0. The number of benzene rings is 1. The molecule has 0 saturated carbocycles. The van der Waals surface area contributed by atoms with Gasteiger partial charge in [0.15, 0.2) is 0 Å². The number of carbonyl (C=O) groups excluding carboxylic acids is 1. The van der Waals surface area contributed by atoms with Gasteiger partial charge in [-0.2, -0.15) is 0 Å². The quantitative estimate of drug-likeness (QED) is 0.535. The Morgan fingerprint density at radius 2 is 2.00 bits per heavy atom. The minimum atomic E-state index is -0.368. The van der Waals surface area contributed by atoms with Gasteiger partial charge in [-0.15, -0.1) is 0 Å². The fourth-order valence-electron chi connectivity index (χ4n) is 3.39. The summed E-state index contributed by atoms with van der Waals surface area (Å²) in [6.45, 7) is 9.48. The zero-order valence-corrected chi connectivity index (χ0v) is 19.2. The molecule has 1 saturated heterocycles. The summed E-state index contributed by atoms with van der Waals surface area (Å²) in [5.74, 6) is 0.570. The van der Waals surface area contributed by atoms with Crippen LogP contribution >= 0.6 is 0 Å². The molecule has 0 unspecified atom stereocenters. The van der Waals surface area contributed by atoms with Crippen LogP contribution in [0, 0.1) is 12.7 Å². The van der Waals surface area contributed by atoms with Crippen LogP contribution in [-0.2, 0) is 4.74 Å². The SMILES string of the molecule is C.CCCNc1ccc(Nc2ncnc(OC3CCN(C(=O)OC(C)C)CC3)c2C)c(F)c1. The molecule has 2 heterocycles. The van der Waals surface area contributed by atoms with E-state index in [-0.39, 0.29) is 31.5 Å². The maximum atomic E-state index is 14.5. The van der Waals surface area contributed by atoms with Crippen LogP contribution < -0.4 is 15.4 Å². The zero-order valence-electron chi connectivity index (χ0n) is 19.2. The number of likely N-dealkylation sites (tertiary alicyclic amines) is 1. The van der Waals surface area contributed by atoms with E-state index in [4.69, 9.17) is 9.47 Å². The number of nitrogens with zero attached hydrogens (tertiary/aromatic N) is 3. The predicted octanol–water partition coefficient (Wildman–Crippen LogP) is 5.51. The molecular weight excluding hydrogens is 425 g/mol. The van der Waals surface area contributed by atoms with Crippen LogP contribution in [0.5, 0.6) is 5.88 Å². The number of nitrogens with one attached hydrogen (secondary N) is 2. The van der Waals surface area contributed by atoms with Gasteiger partial charge in [-0.25, -0.2) is 19.2 Å². The minimum Gasteiger partial charge on any atom is -0.474 e. The first-order chi connectivity index (χ1) is 15.4. The molecule has 182 valence electrons. The molecule has 2 aromatic rings. The van der Waals surface area contributed by atoms with Crippen molar-refractivity contribution in [3.8, 4) is 5.88 Å². The molecule has 0 radical (unpaired) electrons. The van der Waals surface area contributed by atoms with E-state index < -0.39 is 0 Å². The van der Waals surface area contributed by atoms with Crippen LogP contribution in [0.1, 0.15) is 53.0 Å². The van der Waals surface area contributed by atoms with Crippen molar-refractivity contribution < 1.29 is 18.7 Å². The lowest BCUT2D eigenvalue weighted by atomic mass is 10.1. The Morgan fingerprint density at radius 3 is 2.64 bits per heavy atom. The molecule has 1 amide bonds. The molecule has 0 bridgehead atoms. The van der Waals surface area contributed by atoms with Gasteiger partial charge in [0.25, 0.3) is 0 Å². The van der Waals surface area contributed by atoms with E-state index in [0.717, 1.165) is 18.7 Å². The fraction of sp³-hybridized carbons (Fsp3) is 0.542. The van der Waals surface area contributed by atoms with Gasteiger partial charge in [0.05, 0.1) is 17.4 Å². The second-order valence-electron chi connectivity index (χ2n) is 8.14. The number of hydrogen-bond acceptors (Lipinski definition) is 7. The fourth-order valence-corrected chi connectivity index (χ4v) is 3.39. The highest BCUT2D eigenvalue weighted by molar-refractivity contribution is 5.68. The van der Waals surface area contributed by atoms with Crippen molar-refractivity contribution in [2.24, 2.45) is 0 Å². The molecule has 33 heavy (non-hydrogen) atoms. The normalized spacial score (nSPS) is 13.9. The number of ether oxygens (including phenoxy) is 2. The van der Waals surface area contributed by atoms with Gasteiger partial charge in [0.2, 0.25) is 5.88 Å². The third-order valence-corrected chi connectivity index (χ3v) is 5.15. The number of hydrogen-bond donors (Lipinski definition) is 2. The summed E-state index contributed by atoms with van der Waals surface area (Å²) in [5.41, 5.74) is 1.76. The maximum absolute atomic E-state index is 14.5. The Labute approximate surface area is 195 Å². The highest BCUT2D eigenvalue weighted by Crippen LogP contribution is 2.28. The lowest BCUT2D eigenvalue weighted by molar-refractivity contribution is 0.0505. The summed E-state index contributed by atoms with van der Waals surface area (Å²) in [7, 11) is 0. The largest absolute Gasteiger partial charge is 0.474 e. The minimum absolute atomic E-state index is 0. The molecular formula is C24H36FN5O3. The molecule has 1 aliphatic heterocycles. The predicted molar refractivity (Wildman–Crippen MR) is 129 cm³/mol. The first-order valence-corrected chi connectivity index (χ1v) is 11.1. The first-order valence-electron chi connectivity index (χ1n) is 11.1. The van der Waals surface area contributed by atoms with Crippen LogP contribution in [0.15, 0.2) is 24.5 Å². The van der Waals surface area contributed by atoms with Gasteiger partial charge in [-0.3, -0.25) is 0 Å². The van der Waals surface area contributed by atoms with Crippen molar-refractivity contribution in [2.75, 3.05) is 30.3 Å². The van der Waals surface area contributed by atoms with Gasteiger partial charge in [0.1, 0.15) is 24.1 Å². The van der Waals surface area contributed by atoms with E-state index in [2.05, 4.69) is 27.5 Å². The van der Waals surface area contributed by atoms with Crippen molar-refractivity contribution in [1.82, 2.24) is 14.9 Å². The van der Waals surface area contributed by atoms with Crippen molar-refractivity contribution in [2.45, 2.75) is 66.6 Å². The Kier molecular flexibility index (Phi) is 9.69. The summed E-state index contributed by atoms with van der Waals surface area (Å²) in [6, 6.07) is 4.97. The number of carbonyl (C=O) groups is 1. The van der Waals surface area contributed by atoms with Crippen LogP contribution in [0.2, 0.25) is 0 Å². The zero-order chi connectivity index (χ0) is 23.1. The second kappa shape index (κ2) is 12.2. The van der Waals surface area contributed by atoms with Crippen LogP contribution in [-0.4, -0.2) is 52.8 Å². The summed E-state index contributed by atoms with van der Waals surface area (Å²) in [4.78, 5) is 22.2. The number of rotatable bonds is 8. The molecule has 1 aromatic carbocycles. The van der Waals surface area contributed by atoms with Gasteiger partial charge >= 0.3 is 6.09 Å². The van der Waals surface area contributed by atoms with E-state index in [0.29, 0.717) is 48.9 Å². The molecule has 2 N–H and O–H groups in total. The molecule has 1 aromatic heterocycles. The van der Waals surface area contributed by atoms with E-state index in [1.807, 2.05) is 26.8 Å². The van der Waals surface area contributed by atoms with Gasteiger partial charge in [-0.05, 0) is 45.4 Å². The Morgan fingerprint density at radius 1 is 1.27 bits per heavy atom. The number of anilines is 3. The van der Waals surface area contributed by atoms with E-state index >= 15 is 0 Å². The summed E-state index contributed by atoms with van der Waals surface area (Å²) in [6.07, 6.45) is 3.22.